The number of hydrogen-bond acceptors (Lipinski definition) is 4. The molecule has 5 atom stereocenters. The average Bonchev–Trinajstić information content (AvgIpc) is 2.54. The van der Waals surface area contributed by atoms with E-state index in [4.69, 9.17) is 4.74 Å². The second kappa shape index (κ2) is 5.32. The third-order valence-corrected chi connectivity index (χ3v) is 4.94. The van der Waals surface area contributed by atoms with Crippen LogP contribution >= 0.6 is 0 Å². The number of hydroxylamine groups is 2. The molecule has 0 spiro atoms. The number of fused-ring (bicyclic) bond motifs is 4. The molecule has 2 aliphatic heterocycles. The van der Waals surface area contributed by atoms with Crippen LogP contribution in [0.5, 0.6) is 0 Å². The first-order chi connectivity index (χ1) is 11.1. The Morgan fingerprint density at radius 2 is 1.87 bits per heavy atom. The zero-order chi connectivity index (χ0) is 16.0. The summed E-state index contributed by atoms with van der Waals surface area (Å²) in [4.78, 5) is 0. The monoisotopic (exact) mass is 312 g/mol. The molecular formula is C18H20N2O3. The first-order valence-corrected chi connectivity index (χ1v) is 7.90. The molecule has 0 radical (unpaired) electrons. The summed E-state index contributed by atoms with van der Waals surface area (Å²) in [5.74, 6) is -0.0849. The van der Waals surface area contributed by atoms with Crippen LogP contribution < -0.4 is 10.5 Å². The number of benzene rings is 2. The van der Waals surface area contributed by atoms with Crippen molar-refractivity contribution < 1.29 is 15.2 Å². The maximum Gasteiger partial charge on any atom is 0.155 e. The molecule has 5 heteroatoms. The first-order valence-electron chi connectivity index (χ1n) is 7.90. The fraction of sp³-hybridized carbons (Fsp3) is 0.333. The molecule has 4 rings (SSSR count). The maximum atomic E-state index is 12.1. The van der Waals surface area contributed by atoms with Crippen LogP contribution in [0, 0.1) is 5.21 Å². The highest BCUT2D eigenvalue weighted by Crippen LogP contribution is 2.49. The van der Waals surface area contributed by atoms with Gasteiger partial charge in [0.15, 0.2) is 6.04 Å². The van der Waals surface area contributed by atoms with Gasteiger partial charge in [-0.05, 0) is 18.6 Å². The summed E-state index contributed by atoms with van der Waals surface area (Å²) in [6.45, 7) is 2.00. The van der Waals surface area contributed by atoms with Crippen molar-refractivity contribution in [2.75, 3.05) is 5.32 Å². The highest BCUT2D eigenvalue weighted by Gasteiger charge is 2.52. The molecule has 2 aromatic carbocycles. The quantitative estimate of drug-likeness (QED) is 0.744. The molecule has 2 bridgehead atoms. The smallest absolute Gasteiger partial charge is 0.155 e. The normalized spacial score (nSPS) is 33.4. The van der Waals surface area contributed by atoms with Crippen LogP contribution in [0.1, 0.15) is 36.5 Å². The summed E-state index contributed by atoms with van der Waals surface area (Å²) in [6.07, 6.45) is 0.188. The molecule has 120 valence electrons. The molecule has 2 heterocycles. The van der Waals surface area contributed by atoms with E-state index in [0.717, 1.165) is 16.8 Å². The average molecular weight is 312 g/mol. The Morgan fingerprint density at radius 1 is 1.17 bits per heavy atom. The number of para-hydroxylation sites is 1. The summed E-state index contributed by atoms with van der Waals surface area (Å²) in [5.41, 5.74) is 2.41. The second-order valence-electron chi connectivity index (χ2n) is 6.57. The van der Waals surface area contributed by atoms with E-state index in [1.165, 1.54) is 0 Å². The zero-order valence-electron chi connectivity index (χ0n) is 12.9. The number of anilines is 1. The number of ether oxygens (including phenoxy) is 1. The van der Waals surface area contributed by atoms with Gasteiger partial charge < -0.3 is 15.3 Å². The topological polar surface area (TPSA) is 69.0 Å². The van der Waals surface area contributed by atoms with Gasteiger partial charge in [-0.25, -0.2) is 10.4 Å². The second-order valence-corrected chi connectivity index (χ2v) is 6.57. The van der Waals surface area contributed by atoms with Crippen molar-refractivity contribution in [2.45, 2.75) is 37.1 Å². The zero-order valence-corrected chi connectivity index (χ0v) is 12.9. The summed E-state index contributed by atoms with van der Waals surface area (Å²) >= 11 is 0. The molecule has 5 nitrogen and oxygen atoms in total. The van der Waals surface area contributed by atoms with Crippen LogP contribution in [0.2, 0.25) is 0 Å². The lowest BCUT2D eigenvalue weighted by Gasteiger charge is -2.52. The van der Waals surface area contributed by atoms with E-state index in [9.17, 15) is 10.4 Å². The van der Waals surface area contributed by atoms with Crippen LogP contribution in [0.3, 0.4) is 0 Å². The third-order valence-electron chi connectivity index (χ3n) is 4.94. The Balaban J connectivity index is 1.83. The van der Waals surface area contributed by atoms with Crippen molar-refractivity contribution in [2.24, 2.45) is 0 Å². The van der Waals surface area contributed by atoms with E-state index >= 15 is 0 Å². The molecule has 1 unspecified atom stereocenters. The summed E-state index contributed by atoms with van der Waals surface area (Å²) in [5, 5.41) is 24.6. The largest absolute Gasteiger partial charge is 0.600 e. The number of nitrogens with one attached hydrogen (secondary N) is 2. The standard InChI is InChI=1S/C18H20N2O3/c1-18-11-14(12-7-3-2-4-8-12)16(20(21)22)17(23-18)13-9-5-6-10-15(13)19-18/h2-10,14,16-17,19-21H,11H2,1H3/t14-,16-,17+,18+/m0/s1. The van der Waals surface area contributed by atoms with Gasteiger partial charge in [-0.1, -0.05) is 48.5 Å². The van der Waals surface area contributed by atoms with Gasteiger partial charge in [0.05, 0.1) is 0 Å². The number of hydrogen-bond donors (Lipinski definition) is 3. The molecule has 1 fully saturated rings. The Bertz CT molecular complexity index is 706. The SMILES string of the molecule is C[C@]12C[C@@H](c3ccccc3)[C@H]([NH+]([O-])O)[C@H](O1)c1ccccc1N2. The van der Waals surface area contributed by atoms with Crippen molar-refractivity contribution in [3.8, 4) is 0 Å². The van der Waals surface area contributed by atoms with Gasteiger partial charge in [-0.2, -0.15) is 0 Å². The Hall–Kier alpha value is -1.92. The molecule has 2 aromatic rings. The summed E-state index contributed by atoms with van der Waals surface area (Å²) in [6, 6.07) is 17.1. The van der Waals surface area contributed by atoms with Crippen molar-refractivity contribution in [3.63, 3.8) is 0 Å². The molecule has 0 aromatic heterocycles. The predicted molar refractivity (Wildman–Crippen MR) is 86.0 cm³/mol. The van der Waals surface area contributed by atoms with E-state index < -0.39 is 23.1 Å². The minimum Gasteiger partial charge on any atom is -0.600 e. The van der Waals surface area contributed by atoms with Gasteiger partial charge in [-0.3, -0.25) is 0 Å². The highest BCUT2D eigenvalue weighted by molar-refractivity contribution is 5.56. The molecule has 0 saturated carbocycles. The van der Waals surface area contributed by atoms with Gasteiger partial charge in [0, 0.05) is 23.6 Å². The maximum absolute atomic E-state index is 12.1. The van der Waals surface area contributed by atoms with Crippen LogP contribution in [0.25, 0.3) is 0 Å². The lowest BCUT2D eigenvalue weighted by molar-refractivity contribution is -1.07. The van der Waals surface area contributed by atoms with E-state index in [1.807, 2.05) is 61.5 Å². The lowest BCUT2D eigenvalue weighted by atomic mass is 9.76. The third kappa shape index (κ3) is 2.42. The summed E-state index contributed by atoms with van der Waals surface area (Å²) < 4.78 is 6.17. The van der Waals surface area contributed by atoms with E-state index in [-0.39, 0.29) is 5.92 Å². The van der Waals surface area contributed by atoms with Crippen molar-refractivity contribution in [3.05, 3.63) is 70.9 Å². The molecule has 23 heavy (non-hydrogen) atoms. The van der Waals surface area contributed by atoms with Crippen LogP contribution in [-0.2, 0) is 4.74 Å². The Labute approximate surface area is 135 Å². The lowest BCUT2D eigenvalue weighted by Crippen LogP contribution is -3.11. The fourth-order valence-corrected chi connectivity index (χ4v) is 3.97. The Kier molecular flexibility index (Phi) is 3.39. The minimum absolute atomic E-state index is 0.0849. The van der Waals surface area contributed by atoms with Crippen LogP contribution in [-0.4, -0.2) is 17.0 Å². The molecular weight excluding hydrogens is 292 g/mol. The minimum atomic E-state index is -0.803. The van der Waals surface area contributed by atoms with Gasteiger partial charge >= 0.3 is 0 Å². The highest BCUT2D eigenvalue weighted by atomic mass is 16.8. The van der Waals surface area contributed by atoms with Crippen molar-refractivity contribution in [1.29, 1.82) is 0 Å². The van der Waals surface area contributed by atoms with Gasteiger partial charge in [-0.15, -0.1) is 0 Å². The van der Waals surface area contributed by atoms with Crippen LogP contribution in [0.4, 0.5) is 5.69 Å². The molecule has 3 N–H and O–H groups in total. The predicted octanol–water partition coefficient (Wildman–Crippen LogP) is 2.21. The van der Waals surface area contributed by atoms with Crippen molar-refractivity contribution >= 4 is 5.69 Å². The van der Waals surface area contributed by atoms with E-state index in [0.29, 0.717) is 6.42 Å². The molecule has 0 aliphatic carbocycles. The first kappa shape index (κ1) is 14.7. The molecule has 0 amide bonds. The Morgan fingerprint density at radius 3 is 2.61 bits per heavy atom. The van der Waals surface area contributed by atoms with Crippen LogP contribution in [0.15, 0.2) is 54.6 Å². The van der Waals surface area contributed by atoms with E-state index in [2.05, 4.69) is 5.32 Å². The number of quaternary nitrogens is 1. The van der Waals surface area contributed by atoms with E-state index in [1.54, 1.807) is 0 Å². The fourth-order valence-electron chi connectivity index (χ4n) is 3.97. The molecule has 2 aliphatic rings. The van der Waals surface area contributed by atoms with Gasteiger partial charge in [0.25, 0.3) is 0 Å². The van der Waals surface area contributed by atoms with Crippen molar-refractivity contribution in [1.82, 2.24) is 0 Å². The summed E-state index contributed by atoms with van der Waals surface area (Å²) in [7, 11) is 0. The van der Waals surface area contributed by atoms with Gasteiger partial charge in [0.2, 0.25) is 0 Å². The van der Waals surface area contributed by atoms with Gasteiger partial charge in [0.1, 0.15) is 11.8 Å². The molecule has 1 saturated heterocycles. The number of rotatable bonds is 2.